The molecule has 1 N–H and O–H groups in total. The second-order valence-corrected chi connectivity index (χ2v) is 9.12. The van der Waals surface area contributed by atoms with E-state index in [0.717, 1.165) is 17.7 Å². The molecule has 5 nitrogen and oxygen atoms in total. The zero-order chi connectivity index (χ0) is 23.5. The Bertz CT molecular complexity index is 1230. The highest BCUT2D eigenvalue weighted by atomic mass is 35.5. The number of para-hydroxylation sites is 1. The summed E-state index contributed by atoms with van der Waals surface area (Å²) >= 11 is 5.68. The van der Waals surface area contributed by atoms with Crippen LogP contribution in [0.3, 0.4) is 0 Å². The van der Waals surface area contributed by atoms with Gasteiger partial charge in [0.25, 0.3) is 10.0 Å². The third-order valence-electron chi connectivity index (χ3n) is 4.58. The fraction of sp³-hybridized carbons (Fsp3) is 0.136. The van der Waals surface area contributed by atoms with Gasteiger partial charge in [-0.3, -0.25) is 9.10 Å². The molecule has 0 aromatic heterocycles. The van der Waals surface area contributed by atoms with Crippen LogP contribution in [0.25, 0.3) is 0 Å². The summed E-state index contributed by atoms with van der Waals surface area (Å²) in [6.45, 7) is 1.01. The van der Waals surface area contributed by atoms with Crippen LogP contribution in [0, 0.1) is 6.92 Å². The summed E-state index contributed by atoms with van der Waals surface area (Å²) < 4.78 is 67.3. The molecule has 0 radical (unpaired) electrons. The highest BCUT2D eigenvalue weighted by Crippen LogP contribution is 2.38. The minimum atomic E-state index is -4.81. The molecule has 0 aliphatic carbocycles. The second-order valence-electron chi connectivity index (χ2n) is 6.85. The van der Waals surface area contributed by atoms with Gasteiger partial charge in [0, 0.05) is 5.69 Å². The van der Waals surface area contributed by atoms with Crippen LogP contribution in [0.5, 0.6) is 0 Å². The van der Waals surface area contributed by atoms with Crippen LogP contribution in [0.15, 0.2) is 77.7 Å². The van der Waals surface area contributed by atoms with Crippen molar-refractivity contribution in [1.29, 1.82) is 0 Å². The fourth-order valence-corrected chi connectivity index (χ4v) is 4.61. The zero-order valence-electron chi connectivity index (χ0n) is 16.7. The van der Waals surface area contributed by atoms with Crippen molar-refractivity contribution >= 4 is 38.9 Å². The summed E-state index contributed by atoms with van der Waals surface area (Å²) in [5.41, 5.74) is -0.347. The third-order valence-corrected chi connectivity index (χ3v) is 6.70. The van der Waals surface area contributed by atoms with Crippen molar-refractivity contribution in [3.63, 3.8) is 0 Å². The summed E-state index contributed by atoms with van der Waals surface area (Å²) in [5.74, 6) is -0.720. The lowest BCUT2D eigenvalue weighted by atomic mass is 10.2. The van der Waals surface area contributed by atoms with Gasteiger partial charge in [0.15, 0.2) is 0 Å². The van der Waals surface area contributed by atoms with E-state index in [9.17, 15) is 26.4 Å². The van der Waals surface area contributed by atoms with Crippen LogP contribution in [-0.2, 0) is 21.0 Å². The molecule has 1 amide bonds. The van der Waals surface area contributed by atoms with Crippen LogP contribution in [-0.4, -0.2) is 20.9 Å². The fourth-order valence-electron chi connectivity index (χ4n) is 2.95. The van der Waals surface area contributed by atoms with Gasteiger partial charge in [-0.1, -0.05) is 48.0 Å². The van der Waals surface area contributed by atoms with Crippen LogP contribution >= 0.6 is 11.6 Å². The van der Waals surface area contributed by atoms with Crippen LogP contribution in [0.2, 0.25) is 5.02 Å². The van der Waals surface area contributed by atoms with Gasteiger partial charge in [-0.2, -0.15) is 13.2 Å². The molecule has 3 aromatic carbocycles. The number of halogens is 4. The number of hydrogen-bond acceptors (Lipinski definition) is 3. The quantitative estimate of drug-likeness (QED) is 0.504. The first kappa shape index (κ1) is 23.6. The van der Waals surface area contributed by atoms with E-state index in [2.05, 4.69) is 5.32 Å². The minimum absolute atomic E-state index is 0.174. The standard InChI is InChI=1S/C22H18ClF3N2O3S/c1-15-7-5-6-10-20(15)27-21(29)14-28(32(30,31)17-8-3-2-4-9-17)16-11-12-19(23)18(13-16)22(24,25)26/h2-13H,14H2,1H3,(H,27,29). The summed E-state index contributed by atoms with van der Waals surface area (Å²) in [6.07, 6.45) is -4.81. The molecule has 0 bridgehead atoms. The molecule has 3 rings (SSSR count). The first-order valence-electron chi connectivity index (χ1n) is 9.30. The smallest absolute Gasteiger partial charge is 0.324 e. The first-order chi connectivity index (χ1) is 15.0. The molecule has 0 saturated heterocycles. The maximum atomic E-state index is 13.4. The number of amides is 1. The minimum Gasteiger partial charge on any atom is -0.324 e. The predicted molar refractivity (Wildman–Crippen MR) is 117 cm³/mol. The average molecular weight is 483 g/mol. The number of anilines is 2. The van der Waals surface area contributed by atoms with Crippen molar-refractivity contribution < 1.29 is 26.4 Å². The maximum Gasteiger partial charge on any atom is 0.417 e. The molecule has 3 aromatic rings. The van der Waals surface area contributed by atoms with Crippen molar-refractivity contribution in [1.82, 2.24) is 0 Å². The van der Waals surface area contributed by atoms with Gasteiger partial charge in [0.05, 0.1) is 21.2 Å². The first-order valence-corrected chi connectivity index (χ1v) is 11.1. The summed E-state index contributed by atoms with van der Waals surface area (Å²) in [6, 6.07) is 16.7. The topological polar surface area (TPSA) is 66.5 Å². The molecule has 32 heavy (non-hydrogen) atoms. The number of alkyl halides is 3. The summed E-state index contributed by atoms with van der Waals surface area (Å²) in [4.78, 5) is 12.5. The van der Waals surface area contributed by atoms with Crippen LogP contribution in [0.4, 0.5) is 24.5 Å². The Labute approximate surface area is 188 Å². The van der Waals surface area contributed by atoms with Crippen LogP contribution in [0.1, 0.15) is 11.1 Å². The lowest BCUT2D eigenvalue weighted by Crippen LogP contribution is -2.38. The number of nitrogens with one attached hydrogen (secondary N) is 1. The Morgan fingerprint density at radius 2 is 1.62 bits per heavy atom. The molecule has 0 aliphatic rings. The normalized spacial score (nSPS) is 11.8. The molecule has 10 heteroatoms. The molecular weight excluding hydrogens is 465 g/mol. The Hall–Kier alpha value is -3.04. The second kappa shape index (κ2) is 9.22. The van der Waals surface area contributed by atoms with Crippen molar-refractivity contribution in [3.8, 4) is 0 Å². The Balaban J connectivity index is 2.05. The molecule has 0 fully saturated rings. The van der Waals surface area contributed by atoms with Gasteiger partial charge in [0.2, 0.25) is 5.91 Å². The molecule has 0 atom stereocenters. The number of carbonyl (C=O) groups is 1. The van der Waals surface area contributed by atoms with Crippen molar-refractivity contribution in [2.45, 2.75) is 18.0 Å². The molecule has 0 spiro atoms. The lowest BCUT2D eigenvalue weighted by molar-refractivity contribution is -0.137. The van der Waals surface area contributed by atoms with E-state index in [-0.39, 0.29) is 10.6 Å². The van der Waals surface area contributed by atoms with Gasteiger partial charge in [0.1, 0.15) is 6.54 Å². The highest BCUT2D eigenvalue weighted by Gasteiger charge is 2.35. The van der Waals surface area contributed by atoms with E-state index in [1.54, 1.807) is 37.3 Å². The maximum absolute atomic E-state index is 13.4. The van der Waals surface area contributed by atoms with E-state index in [0.29, 0.717) is 16.1 Å². The number of aryl methyl sites for hydroxylation is 1. The highest BCUT2D eigenvalue weighted by molar-refractivity contribution is 7.92. The Kier molecular flexibility index (Phi) is 6.80. The number of rotatable bonds is 6. The molecule has 168 valence electrons. The van der Waals surface area contributed by atoms with Gasteiger partial charge >= 0.3 is 6.18 Å². The van der Waals surface area contributed by atoms with E-state index >= 15 is 0 Å². The Morgan fingerprint density at radius 3 is 2.25 bits per heavy atom. The molecule has 0 unspecified atom stereocenters. The van der Waals surface area contributed by atoms with E-state index < -0.39 is 39.2 Å². The summed E-state index contributed by atoms with van der Waals surface area (Å²) in [7, 11) is -4.36. The zero-order valence-corrected chi connectivity index (χ0v) is 18.3. The number of benzene rings is 3. The predicted octanol–water partition coefficient (Wildman–Crippen LogP) is 5.50. The van der Waals surface area contributed by atoms with Gasteiger partial charge in [-0.15, -0.1) is 0 Å². The number of nitrogens with zero attached hydrogens (tertiary/aromatic N) is 1. The largest absolute Gasteiger partial charge is 0.417 e. The van der Waals surface area contributed by atoms with Crippen molar-refractivity contribution in [3.05, 3.63) is 88.9 Å². The van der Waals surface area contributed by atoms with Gasteiger partial charge in [-0.05, 0) is 48.9 Å². The molecule has 0 heterocycles. The van der Waals surface area contributed by atoms with Gasteiger partial charge in [-0.25, -0.2) is 8.42 Å². The molecule has 0 aliphatic heterocycles. The Morgan fingerprint density at radius 1 is 1.00 bits per heavy atom. The van der Waals surface area contributed by atoms with Crippen molar-refractivity contribution in [2.75, 3.05) is 16.2 Å². The molecule has 0 saturated carbocycles. The third kappa shape index (κ3) is 5.23. The van der Waals surface area contributed by atoms with E-state index in [4.69, 9.17) is 11.6 Å². The van der Waals surface area contributed by atoms with E-state index in [1.165, 1.54) is 24.3 Å². The lowest BCUT2D eigenvalue weighted by Gasteiger charge is -2.25. The SMILES string of the molecule is Cc1ccccc1NC(=O)CN(c1ccc(Cl)c(C(F)(F)F)c1)S(=O)(=O)c1ccccc1. The average Bonchev–Trinajstić information content (AvgIpc) is 2.74. The number of hydrogen-bond donors (Lipinski definition) is 1. The molecular formula is C22H18ClF3N2O3S. The summed E-state index contributed by atoms with van der Waals surface area (Å²) in [5, 5.41) is 2.02. The number of sulfonamides is 1. The van der Waals surface area contributed by atoms with Crippen molar-refractivity contribution in [2.24, 2.45) is 0 Å². The van der Waals surface area contributed by atoms with Gasteiger partial charge < -0.3 is 5.32 Å². The van der Waals surface area contributed by atoms with Crippen LogP contribution < -0.4 is 9.62 Å². The van der Waals surface area contributed by atoms with E-state index in [1.807, 2.05) is 0 Å². The monoisotopic (exact) mass is 482 g/mol. The number of carbonyl (C=O) groups excluding carboxylic acids is 1.